The number of hydrazine groups is 1. The van der Waals surface area contributed by atoms with Gasteiger partial charge in [-0.15, -0.1) is 0 Å². The molecule has 0 atom stereocenters. The van der Waals surface area contributed by atoms with Gasteiger partial charge in [-0.25, -0.2) is 10.0 Å². The number of nitrogens with zero attached hydrogens (tertiary/aromatic N) is 3. The molecule has 5 rings (SSSR count). The number of benzene rings is 5. The van der Waals surface area contributed by atoms with Crippen molar-refractivity contribution in [3.63, 3.8) is 0 Å². The number of hydrogen-bond acceptors (Lipinski definition) is 3. The minimum absolute atomic E-state index is 1.01. The van der Waals surface area contributed by atoms with Crippen LogP contribution in [0.5, 0.6) is 0 Å². The summed E-state index contributed by atoms with van der Waals surface area (Å²) in [5.74, 6) is 0. The lowest BCUT2D eigenvalue weighted by Gasteiger charge is -2.41. The van der Waals surface area contributed by atoms with E-state index in [9.17, 15) is 0 Å². The van der Waals surface area contributed by atoms with Crippen LogP contribution in [0.15, 0.2) is 121 Å². The summed E-state index contributed by atoms with van der Waals surface area (Å²) < 4.78 is 0. The first-order valence-electron chi connectivity index (χ1n) is 14.2. The Kier molecular flexibility index (Phi) is 8.21. The van der Waals surface area contributed by atoms with E-state index in [-0.39, 0.29) is 0 Å². The molecule has 0 saturated heterocycles. The van der Waals surface area contributed by atoms with Crippen molar-refractivity contribution in [3.8, 4) is 0 Å². The summed E-state index contributed by atoms with van der Waals surface area (Å²) in [5.41, 5.74) is 11.8. The largest absolute Gasteiger partial charge is 0.343 e. The molecule has 0 aliphatic carbocycles. The van der Waals surface area contributed by atoms with Crippen LogP contribution in [0, 0.1) is 20.8 Å². The van der Waals surface area contributed by atoms with Gasteiger partial charge >= 0.3 is 0 Å². The molecule has 0 bridgehead atoms. The molecule has 0 N–H and O–H groups in total. The number of aryl methyl sites for hydroxylation is 4. The van der Waals surface area contributed by atoms with Crippen molar-refractivity contribution >= 4 is 34.1 Å². The maximum atomic E-state index is 2.39. The molecule has 3 nitrogen and oxygen atoms in total. The normalized spacial score (nSPS) is 10.8. The average molecular weight is 526 g/mol. The molecular weight excluding hydrogens is 486 g/mol. The molecule has 0 unspecified atom stereocenters. The van der Waals surface area contributed by atoms with Gasteiger partial charge in [0.25, 0.3) is 0 Å². The third-order valence-electron chi connectivity index (χ3n) is 7.39. The average Bonchev–Trinajstić information content (AvgIpc) is 2.98. The molecule has 5 aromatic carbocycles. The Morgan fingerprint density at radius 2 is 0.850 bits per heavy atom. The van der Waals surface area contributed by atoms with Gasteiger partial charge in [0.2, 0.25) is 0 Å². The molecular formula is C37H39N3. The van der Waals surface area contributed by atoms with Gasteiger partial charge in [-0.05, 0) is 87.4 Å². The number of para-hydroxylation sites is 3. The van der Waals surface area contributed by atoms with Crippen molar-refractivity contribution in [1.29, 1.82) is 0 Å². The minimum atomic E-state index is 1.01. The van der Waals surface area contributed by atoms with Gasteiger partial charge in [-0.3, -0.25) is 0 Å². The molecule has 0 amide bonds. The van der Waals surface area contributed by atoms with Crippen molar-refractivity contribution in [3.05, 3.63) is 144 Å². The van der Waals surface area contributed by atoms with E-state index >= 15 is 0 Å². The van der Waals surface area contributed by atoms with Crippen LogP contribution in [-0.2, 0) is 6.42 Å². The Morgan fingerprint density at radius 1 is 0.450 bits per heavy atom. The SMILES string of the molecule is CCCc1ccccc1N(c1ccc(C)cc1)N(c1ccc(C)cc1)c1ccccc1N(C)c1ccc(C)cc1. The first-order chi connectivity index (χ1) is 19.5. The summed E-state index contributed by atoms with van der Waals surface area (Å²) in [5, 5.41) is 4.76. The van der Waals surface area contributed by atoms with Gasteiger partial charge in [0.15, 0.2) is 0 Å². The second kappa shape index (κ2) is 12.1. The van der Waals surface area contributed by atoms with E-state index in [0.717, 1.165) is 41.3 Å². The van der Waals surface area contributed by atoms with Gasteiger partial charge in [0.1, 0.15) is 0 Å². The van der Waals surface area contributed by atoms with Crippen LogP contribution >= 0.6 is 0 Å². The van der Waals surface area contributed by atoms with Gasteiger partial charge in [0, 0.05) is 12.7 Å². The highest BCUT2D eigenvalue weighted by atomic mass is 15.6. The van der Waals surface area contributed by atoms with E-state index in [1.165, 1.54) is 27.9 Å². The second-order valence-corrected chi connectivity index (χ2v) is 10.6. The third kappa shape index (κ3) is 5.74. The van der Waals surface area contributed by atoms with E-state index < -0.39 is 0 Å². The fraction of sp³-hybridized carbons (Fsp3) is 0.189. The predicted molar refractivity (Wildman–Crippen MR) is 173 cm³/mol. The third-order valence-corrected chi connectivity index (χ3v) is 7.39. The van der Waals surface area contributed by atoms with Gasteiger partial charge in [0.05, 0.1) is 28.4 Å². The molecule has 202 valence electrons. The zero-order valence-corrected chi connectivity index (χ0v) is 24.3. The van der Waals surface area contributed by atoms with Gasteiger partial charge in [-0.2, -0.15) is 0 Å². The number of hydrogen-bond donors (Lipinski definition) is 0. The summed E-state index contributed by atoms with van der Waals surface area (Å²) in [6, 6.07) is 43.9. The zero-order valence-electron chi connectivity index (χ0n) is 24.3. The highest BCUT2D eigenvalue weighted by Crippen LogP contribution is 2.43. The predicted octanol–water partition coefficient (Wildman–Crippen LogP) is 10.2. The van der Waals surface area contributed by atoms with E-state index in [4.69, 9.17) is 0 Å². The Bertz CT molecular complexity index is 1540. The topological polar surface area (TPSA) is 9.72 Å². The smallest absolute Gasteiger partial charge is 0.0873 e. The van der Waals surface area contributed by atoms with Crippen LogP contribution in [0.1, 0.15) is 35.6 Å². The Hall–Kier alpha value is -4.50. The fourth-order valence-electron chi connectivity index (χ4n) is 5.13. The molecule has 0 aliphatic rings. The van der Waals surface area contributed by atoms with Crippen molar-refractivity contribution in [2.45, 2.75) is 40.5 Å². The van der Waals surface area contributed by atoms with Crippen LogP contribution in [0.3, 0.4) is 0 Å². The quantitative estimate of drug-likeness (QED) is 0.177. The minimum Gasteiger partial charge on any atom is -0.343 e. The molecule has 0 saturated carbocycles. The maximum Gasteiger partial charge on any atom is 0.0873 e. The van der Waals surface area contributed by atoms with Crippen LogP contribution in [0.25, 0.3) is 0 Å². The molecule has 0 fully saturated rings. The lowest BCUT2D eigenvalue weighted by atomic mass is 10.1. The van der Waals surface area contributed by atoms with E-state index in [1.807, 2.05) is 0 Å². The monoisotopic (exact) mass is 525 g/mol. The van der Waals surface area contributed by atoms with Gasteiger partial charge < -0.3 is 4.90 Å². The molecule has 40 heavy (non-hydrogen) atoms. The van der Waals surface area contributed by atoms with Crippen LogP contribution in [0.2, 0.25) is 0 Å². The number of rotatable bonds is 9. The summed E-state index contributed by atoms with van der Waals surface area (Å²) in [4.78, 5) is 2.28. The van der Waals surface area contributed by atoms with Crippen molar-refractivity contribution in [2.75, 3.05) is 22.0 Å². The standard InChI is InChI=1S/C37H39N3/c1-6-11-31-12-7-8-13-35(31)39(33-24-18-29(3)19-25-33)40(34-26-20-30(4)21-27-34)37-15-10-9-14-36(37)38(5)32-22-16-28(2)17-23-32/h7-10,12-27H,6,11H2,1-5H3. The molecule has 3 heteroatoms. The lowest BCUT2D eigenvalue weighted by molar-refractivity contribution is 0.900. The molecule has 0 heterocycles. The first kappa shape index (κ1) is 27.1. The van der Waals surface area contributed by atoms with Crippen LogP contribution < -0.4 is 14.9 Å². The van der Waals surface area contributed by atoms with Crippen molar-refractivity contribution in [1.82, 2.24) is 0 Å². The number of anilines is 6. The Morgan fingerprint density at radius 3 is 1.35 bits per heavy atom. The van der Waals surface area contributed by atoms with Crippen molar-refractivity contribution in [2.24, 2.45) is 0 Å². The summed E-state index contributed by atoms with van der Waals surface area (Å²) >= 11 is 0. The molecule has 5 aromatic rings. The van der Waals surface area contributed by atoms with E-state index in [0.29, 0.717) is 0 Å². The molecule has 0 aromatic heterocycles. The van der Waals surface area contributed by atoms with Crippen LogP contribution in [-0.4, -0.2) is 7.05 Å². The summed E-state index contributed by atoms with van der Waals surface area (Å²) in [6.07, 6.45) is 2.08. The molecule has 0 aliphatic heterocycles. The Balaban J connectivity index is 1.77. The highest BCUT2D eigenvalue weighted by molar-refractivity contribution is 5.87. The second-order valence-electron chi connectivity index (χ2n) is 10.6. The lowest BCUT2D eigenvalue weighted by Crippen LogP contribution is -2.37. The highest BCUT2D eigenvalue weighted by Gasteiger charge is 2.26. The zero-order chi connectivity index (χ0) is 28.1. The van der Waals surface area contributed by atoms with Crippen molar-refractivity contribution < 1.29 is 0 Å². The fourth-order valence-corrected chi connectivity index (χ4v) is 5.13. The first-order valence-corrected chi connectivity index (χ1v) is 14.2. The van der Waals surface area contributed by atoms with Crippen LogP contribution in [0.4, 0.5) is 34.1 Å². The maximum absolute atomic E-state index is 2.39. The molecule has 0 radical (unpaired) electrons. The summed E-state index contributed by atoms with van der Waals surface area (Å²) in [6.45, 7) is 8.66. The Labute approximate surface area is 239 Å². The summed E-state index contributed by atoms with van der Waals surface area (Å²) in [7, 11) is 2.15. The van der Waals surface area contributed by atoms with Gasteiger partial charge in [-0.1, -0.05) is 96.8 Å². The van der Waals surface area contributed by atoms with E-state index in [1.54, 1.807) is 0 Å². The van der Waals surface area contributed by atoms with E-state index in [2.05, 4.69) is 171 Å². The molecule has 0 spiro atoms.